The molecule has 2 aliphatic rings. The minimum absolute atomic E-state index is 0.199. The third-order valence-electron chi connectivity index (χ3n) is 6.14. The topological polar surface area (TPSA) is 53.5 Å². The van der Waals surface area contributed by atoms with Gasteiger partial charge in [-0.3, -0.25) is 0 Å². The molecule has 2 aromatic carbocycles. The summed E-state index contributed by atoms with van der Waals surface area (Å²) in [6.45, 7) is 3.04. The second-order valence-corrected chi connectivity index (χ2v) is 12.3. The Morgan fingerprint density at radius 2 is 1.80 bits per heavy atom. The maximum atomic E-state index is 13.0. The van der Waals surface area contributed by atoms with Crippen LogP contribution in [0.2, 0.25) is 5.02 Å². The number of hydrogen-bond donors (Lipinski definition) is 0. The van der Waals surface area contributed by atoms with Gasteiger partial charge in [0.15, 0.2) is 5.13 Å². The largest absolute Gasteiger partial charge is 0.347 e. The quantitative estimate of drug-likeness (QED) is 0.495. The van der Waals surface area contributed by atoms with Crippen LogP contribution in [0.25, 0.3) is 10.2 Å². The average Bonchev–Trinajstić information content (AvgIpc) is 3.14. The molecule has 9 heteroatoms. The SMILES string of the molecule is CSc1ccc(S(=O)(=O)N2CCC3(CC2)CN(c2nc4ccc(Cl)cc4s2)C3)cc1. The van der Waals surface area contributed by atoms with Crippen LogP contribution in [0.3, 0.4) is 0 Å². The summed E-state index contributed by atoms with van der Waals surface area (Å²) in [7, 11) is -3.42. The Balaban J connectivity index is 1.24. The van der Waals surface area contributed by atoms with Gasteiger partial charge in [0.05, 0.1) is 15.1 Å². The first-order chi connectivity index (χ1) is 14.4. The zero-order valence-electron chi connectivity index (χ0n) is 16.5. The first-order valence-electron chi connectivity index (χ1n) is 9.84. The van der Waals surface area contributed by atoms with Gasteiger partial charge in [0.1, 0.15) is 0 Å². The fourth-order valence-electron chi connectivity index (χ4n) is 4.33. The van der Waals surface area contributed by atoms with E-state index in [1.807, 2.05) is 36.6 Å². The van der Waals surface area contributed by atoms with Gasteiger partial charge in [-0.15, -0.1) is 11.8 Å². The van der Waals surface area contributed by atoms with Crippen LogP contribution in [0.5, 0.6) is 0 Å². The molecule has 0 unspecified atom stereocenters. The molecule has 0 radical (unpaired) electrons. The molecule has 0 N–H and O–H groups in total. The van der Waals surface area contributed by atoms with Crippen LogP contribution in [-0.2, 0) is 10.0 Å². The van der Waals surface area contributed by atoms with Crippen LogP contribution >= 0.6 is 34.7 Å². The van der Waals surface area contributed by atoms with E-state index in [2.05, 4.69) is 4.90 Å². The number of piperidine rings is 1. The van der Waals surface area contributed by atoms with Crippen molar-refractivity contribution in [2.24, 2.45) is 5.41 Å². The lowest BCUT2D eigenvalue weighted by Crippen LogP contribution is -2.60. The van der Waals surface area contributed by atoms with Crippen LogP contribution in [0, 0.1) is 5.41 Å². The highest BCUT2D eigenvalue weighted by molar-refractivity contribution is 7.98. The van der Waals surface area contributed by atoms with E-state index in [1.54, 1.807) is 39.5 Å². The van der Waals surface area contributed by atoms with Gasteiger partial charge in [0.25, 0.3) is 0 Å². The van der Waals surface area contributed by atoms with Gasteiger partial charge in [-0.25, -0.2) is 13.4 Å². The Morgan fingerprint density at radius 1 is 1.10 bits per heavy atom. The van der Waals surface area contributed by atoms with E-state index in [0.717, 1.165) is 51.2 Å². The molecule has 5 rings (SSSR count). The summed E-state index contributed by atoms with van der Waals surface area (Å²) in [5.74, 6) is 0. The van der Waals surface area contributed by atoms with Crippen molar-refractivity contribution in [2.45, 2.75) is 22.6 Å². The number of halogens is 1. The molecular weight excluding hydrogens is 458 g/mol. The van der Waals surface area contributed by atoms with Crippen molar-refractivity contribution in [1.29, 1.82) is 0 Å². The Bertz CT molecular complexity index is 1180. The maximum absolute atomic E-state index is 13.0. The number of thioether (sulfide) groups is 1. The molecule has 2 fully saturated rings. The second-order valence-electron chi connectivity index (χ2n) is 8.04. The van der Waals surface area contributed by atoms with Crippen molar-refractivity contribution >= 4 is 60.1 Å². The third kappa shape index (κ3) is 3.62. The summed E-state index contributed by atoms with van der Waals surface area (Å²) >= 11 is 9.37. The first kappa shape index (κ1) is 20.6. The number of benzene rings is 2. The van der Waals surface area contributed by atoms with Gasteiger partial charge in [-0.2, -0.15) is 4.31 Å². The van der Waals surface area contributed by atoms with E-state index in [1.165, 1.54) is 0 Å². The molecule has 0 bridgehead atoms. The lowest BCUT2D eigenvalue weighted by atomic mass is 9.73. The van der Waals surface area contributed by atoms with E-state index in [4.69, 9.17) is 16.6 Å². The molecule has 2 saturated heterocycles. The summed E-state index contributed by atoms with van der Waals surface area (Å²) in [5, 5.41) is 1.76. The Labute approximate surface area is 190 Å². The van der Waals surface area contributed by atoms with Crippen LogP contribution in [0.15, 0.2) is 52.3 Å². The van der Waals surface area contributed by atoms with Gasteiger partial charge < -0.3 is 4.90 Å². The highest BCUT2D eigenvalue weighted by Gasteiger charge is 2.47. The van der Waals surface area contributed by atoms with Crippen molar-refractivity contribution < 1.29 is 8.42 Å². The number of thiazole rings is 1. The summed E-state index contributed by atoms with van der Waals surface area (Å²) in [6, 6.07) is 13.0. The van der Waals surface area contributed by atoms with Crippen LogP contribution < -0.4 is 4.90 Å². The summed E-state index contributed by atoms with van der Waals surface area (Å²) in [5.41, 5.74) is 1.18. The van der Waals surface area contributed by atoms with E-state index in [9.17, 15) is 8.42 Å². The van der Waals surface area contributed by atoms with Gasteiger partial charge in [-0.05, 0) is 61.6 Å². The number of fused-ring (bicyclic) bond motifs is 1. The van der Waals surface area contributed by atoms with Crippen molar-refractivity contribution in [3.8, 4) is 0 Å². The number of anilines is 1. The molecule has 1 aromatic heterocycles. The summed E-state index contributed by atoms with van der Waals surface area (Å²) in [4.78, 5) is 8.51. The molecule has 3 heterocycles. The zero-order chi connectivity index (χ0) is 20.9. The lowest BCUT2D eigenvalue weighted by Gasteiger charge is -2.53. The zero-order valence-corrected chi connectivity index (χ0v) is 19.8. The molecule has 0 amide bonds. The fraction of sp³-hybridized carbons (Fsp3) is 0.381. The monoisotopic (exact) mass is 479 g/mol. The molecular formula is C21H22ClN3O2S3. The standard InChI is InChI=1S/C21H22ClN3O2S3/c1-28-16-3-5-17(6-4-16)30(26,27)25-10-8-21(9-11-25)13-24(14-21)20-23-18-7-2-15(22)12-19(18)29-20/h2-7,12H,8-11,13-14H2,1H3. The van der Waals surface area contributed by atoms with Gasteiger partial charge in [0.2, 0.25) is 10.0 Å². The molecule has 1 spiro atoms. The van der Waals surface area contributed by atoms with E-state index in [0.29, 0.717) is 18.0 Å². The van der Waals surface area contributed by atoms with Crippen LogP contribution in [-0.4, -0.2) is 50.1 Å². The summed E-state index contributed by atoms with van der Waals surface area (Å²) < 4.78 is 28.8. The van der Waals surface area contributed by atoms with Crippen molar-refractivity contribution in [2.75, 3.05) is 37.3 Å². The number of rotatable bonds is 4. The molecule has 5 nitrogen and oxygen atoms in total. The van der Waals surface area contributed by atoms with E-state index < -0.39 is 10.0 Å². The number of sulfonamides is 1. The molecule has 0 saturated carbocycles. The highest BCUT2D eigenvalue weighted by Crippen LogP contribution is 2.45. The normalized spacial score (nSPS) is 19.3. The van der Waals surface area contributed by atoms with Crippen molar-refractivity contribution in [3.63, 3.8) is 0 Å². The van der Waals surface area contributed by atoms with E-state index >= 15 is 0 Å². The maximum Gasteiger partial charge on any atom is 0.243 e. The van der Waals surface area contributed by atoms with Crippen LogP contribution in [0.1, 0.15) is 12.8 Å². The molecule has 30 heavy (non-hydrogen) atoms. The number of aromatic nitrogens is 1. The average molecular weight is 480 g/mol. The van der Waals surface area contributed by atoms with Crippen LogP contribution in [0.4, 0.5) is 5.13 Å². The second kappa shape index (κ2) is 7.67. The van der Waals surface area contributed by atoms with E-state index in [-0.39, 0.29) is 5.41 Å². The Hall–Kier alpha value is -1.32. The fourth-order valence-corrected chi connectivity index (χ4v) is 7.42. The Morgan fingerprint density at radius 3 is 2.47 bits per heavy atom. The highest BCUT2D eigenvalue weighted by atomic mass is 35.5. The van der Waals surface area contributed by atoms with Crippen molar-refractivity contribution in [1.82, 2.24) is 9.29 Å². The van der Waals surface area contributed by atoms with Gasteiger partial charge >= 0.3 is 0 Å². The smallest absolute Gasteiger partial charge is 0.243 e. The van der Waals surface area contributed by atoms with Gasteiger partial charge in [-0.1, -0.05) is 22.9 Å². The predicted octanol–water partition coefficient (Wildman–Crippen LogP) is 4.96. The predicted molar refractivity (Wildman–Crippen MR) is 125 cm³/mol. The molecule has 158 valence electrons. The Kier molecular flexibility index (Phi) is 5.26. The molecule has 3 aromatic rings. The summed E-state index contributed by atoms with van der Waals surface area (Å²) in [6.07, 6.45) is 3.77. The van der Waals surface area contributed by atoms with Crippen molar-refractivity contribution in [3.05, 3.63) is 47.5 Å². The first-order valence-corrected chi connectivity index (χ1v) is 13.7. The minimum atomic E-state index is -3.42. The number of hydrogen-bond acceptors (Lipinski definition) is 6. The lowest BCUT2D eigenvalue weighted by molar-refractivity contribution is 0.115. The third-order valence-corrected chi connectivity index (χ3v) is 10.1. The molecule has 0 aliphatic carbocycles. The molecule has 0 atom stereocenters. The molecule has 2 aliphatic heterocycles. The number of nitrogens with zero attached hydrogens (tertiary/aromatic N) is 3. The minimum Gasteiger partial charge on any atom is -0.347 e. The van der Waals surface area contributed by atoms with Gasteiger partial charge in [0, 0.05) is 41.5 Å².